The number of amides is 2. The summed E-state index contributed by atoms with van der Waals surface area (Å²) in [5.74, 6) is 3.43. The highest BCUT2D eigenvalue weighted by Crippen LogP contribution is 2.37. The lowest BCUT2D eigenvalue weighted by Crippen LogP contribution is -2.48. The van der Waals surface area contributed by atoms with Crippen LogP contribution in [0.25, 0.3) is 11.3 Å². The number of para-hydroxylation sites is 1. The summed E-state index contributed by atoms with van der Waals surface area (Å²) in [6, 6.07) is 8.91. The highest BCUT2D eigenvalue weighted by molar-refractivity contribution is 5.85. The first-order valence-corrected chi connectivity index (χ1v) is 20.5. The first-order chi connectivity index (χ1) is 27.1. The maximum atomic E-state index is 13.3. The number of nitrogens with two attached hydrogens (primary N) is 3. The molecule has 0 spiro atoms. The molecule has 3 saturated heterocycles. The predicted octanol–water partition coefficient (Wildman–Crippen LogP) is 4.16. The Morgan fingerprint density at radius 1 is 0.964 bits per heavy atom. The number of piperidine rings is 2. The van der Waals surface area contributed by atoms with Crippen LogP contribution in [-0.2, 0) is 22.6 Å². The molecule has 0 radical (unpaired) electrons. The van der Waals surface area contributed by atoms with Crippen LogP contribution in [-0.4, -0.2) is 98.5 Å². The number of likely N-dealkylation sites (tertiary alicyclic amines) is 3. The lowest BCUT2D eigenvalue weighted by molar-refractivity contribution is -0.141. The molecule has 14 nitrogen and oxygen atoms in total. The monoisotopic (exact) mass is 769 g/mol. The van der Waals surface area contributed by atoms with Crippen molar-refractivity contribution in [3.05, 3.63) is 71.5 Å². The molecule has 3 aromatic rings. The van der Waals surface area contributed by atoms with Crippen LogP contribution in [0.1, 0.15) is 81.6 Å². The molecule has 1 atom stereocenters. The average molecular weight is 770 g/mol. The smallest absolute Gasteiger partial charge is 0.254 e. The normalized spacial score (nSPS) is 22.6. The minimum Gasteiger partial charge on any atom is -0.507 e. The summed E-state index contributed by atoms with van der Waals surface area (Å²) >= 11 is 0. The fraction of sp³-hybridized carbons (Fsp3) is 0.571. The third-order valence-electron chi connectivity index (χ3n) is 12.5. The van der Waals surface area contributed by atoms with Gasteiger partial charge in [0.1, 0.15) is 17.3 Å². The van der Waals surface area contributed by atoms with Crippen molar-refractivity contribution < 1.29 is 24.0 Å². The average Bonchev–Trinajstić information content (AvgIpc) is 3.94. The second-order valence-corrected chi connectivity index (χ2v) is 16.5. The van der Waals surface area contributed by atoms with Gasteiger partial charge in [0.05, 0.1) is 19.2 Å². The molecule has 2 amide bonds. The molecule has 0 bridgehead atoms. The largest absolute Gasteiger partial charge is 0.507 e. The van der Waals surface area contributed by atoms with Gasteiger partial charge in [0.15, 0.2) is 0 Å². The Morgan fingerprint density at radius 3 is 2.43 bits per heavy atom. The van der Waals surface area contributed by atoms with Gasteiger partial charge in [-0.1, -0.05) is 12.1 Å². The van der Waals surface area contributed by atoms with Crippen molar-refractivity contribution in [2.24, 2.45) is 40.9 Å². The van der Waals surface area contributed by atoms with E-state index in [1.807, 2.05) is 21.8 Å². The quantitative estimate of drug-likeness (QED) is 0.172. The van der Waals surface area contributed by atoms with E-state index in [0.717, 1.165) is 109 Å². The Bertz CT molecular complexity index is 1860. The fourth-order valence-electron chi connectivity index (χ4n) is 8.98. The number of carbonyl (C=O) groups excluding carboxylic acids is 2. The Balaban J connectivity index is 0.763. The molecular formula is C42H59N9O5. The molecule has 302 valence electrons. The number of hydrogen-bond acceptors (Lipinski definition) is 11. The number of nitrogens with zero attached hydrogens (tertiary/aromatic N) is 6. The number of aromatic hydroxyl groups is 1. The second kappa shape index (κ2) is 17.9. The molecule has 4 aliphatic rings. The molecule has 56 heavy (non-hydrogen) atoms. The van der Waals surface area contributed by atoms with Gasteiger partial charge in [-0.3, -0.25) is 14.3 Å². The van der Waals surface area contributed by atoms with E-state index in [4.69, 9.17) is 26.5 Å². The van der Waals surface area contributed by atoms with E-state index in [1.54, 1.807) is 36.5 Å². The van der Waals surface area contributed by atoms with Crippen molar-refractivity contribution in [1.29, 1.82) is 0 Å². The lowest BCUT2D eigenvalue weighted by Gasteiger charge is -2.42. The minimum atomic E-state index is 0.0820. The number of phenols is 1. The summed E-state index contributed by atoms with van der Waals surface area (Å²) in [5, 5.41) is 18.8. The van der Waals surface area contributed by atoms with Gasteiger partial charge in [-0.15, -0.1) is 0 Å². The van der Waals surface area contributed by atoms with Crippen LogP contribution < -0.4 is 21.9 Å². The zero-order chi connectivity index (χ0) is 39.2. The third-order valence-corrected chi connectivity index (χ3v) is 12.5. The number of rotatable bonds is 14. The highest BCUT2D eigenvalue weighted by Gasteiger charge is 2.39. The second-order valence-electron chi connectivity index (χ2n) is 16.5. The number of ether oxygens (including phenoxy) is 1. The Morgan fingerprint density at radius 2 is 1.71 bits per heavy atom. The first-order valence-electron chi connectivity index (χ1n) is 20.5. The van der Waals surface area contributed by atoms with Gasteiger partial charge in [-0.2, -0.15) is 5.10 Å². The number of phenolic OH excluding ortho intramolecular Hbond substituents is 1. The van der Waals surface area contributed by atoms with Crippen LogP contribution in [0.4, 0.5) is 0 Å². The fourth-order valence-corrected chi connectivity index (χ4v) is 8.98. The topological polar surface area (TPSA) is 195 Å². The number of hydrogen-bond donors (Lipinski definition) is 4. The molecule has 1 saturated carbocycles. The van der Waals surface area contributed by atoms with E-state index in [1.165, 1.54) is 0 Å². The van der Waals surface area contributed by atoms with Gasteiger partial charge in [0, 0.05) is 79.3 Å². The molecule has 1 unspecified atom stereocenters. The van der Waals surface area contributed by atoms with E-state index < -0.39 is 0 Å². The van der Waals surface area contributed by atoms with E-state index in [-0.39, 0.29) is 35.9 Å². The maximum Gasteiger partial charge on any atom is 0.254 e. The summed E-state index contributed by atoms with van der Waals surface area (Å²) in [7, 11) is 0. The van der Waals surface area contributed by atoms with Crippen molar-refractivity contribution in [2.45, 2.75) is 83.7 Å². The summed E-state index contributed by atoms with van der Waals surface area (Å²) < 4.78 is 13.2. The zero-order valence-electron chi connectivity index (χ0n) is 32.7. The van der Waals surface area contributed by atoms with E-state index in [9.17, 15) is 14.7 Å². The third kappa shape index (κ3) is 9.69. The van der Waals surface area contributed by atoms with E-state index in [2.05, 4.69) is 27.0 Å². The molecule has 1 aromatic carbocycles. The van der Waals surface area contributed by atoms with Gasteiger partial charge >= 0.3 is 0 Å². The van der Waals surface area contributed by atoms with Crippen LogP contribution in [0, 0.1) is 23.7 Å². The summed E-state index contributed by atoms with van der Waals surface area (Å²) in [6.07, 6.45) is 14.8. The van der Waals surface area contributed by atoms with Crippen molar-refractivity contribution in [3.63, 3.8) is 0 Å². The van der Waals surface area contributed by atoms with Crippen LogP contribution >= 0.6 is 0 Å². The number of carbonyl (C=O) groups is 2. The van der Waals surface area contributed by atoms with Gasteiger partial charge in [0.2, 0.25) is 11.8 Å². The Hall–Kier alpha value is -4.98. The van der Waals surface area contributed by atoms with Crippen molar-refractivity contribution in [3.8, 4) is 11.6 Å². The molecule has 4 fully saturated rings. The van der Waals surface area contributed by atoms with E-state index in [0.29, 0.717) is 58.7 Å². The molecular weight excluding hydrogens is 711 g/mol. The van der Waals surface area contributed by atoms with Gasteiger partial charge in [0.25, 0.3) is 5.88 Å². The predicted molar refractivity (Wildman–Crippen MR) is 213 cm³/mol. The summed E-state index contributed by atoms with van der Waals surface area (Å²) in [4.78, 5) is 32.5. The van der Waals surface area contributed by atoms with Gasteiger partial charge < -0.3 is 46.3 Å². The Labute approximate surface area is 329 Å². The van der Waals surface area contributed by atoms with Gasteiger partial charge in [-0.05, 0) is 119 Å². The summed E-state index contributed by atoms with van der Waals surface area (Å²) in [6.45, 7) is 9.10. The number of aromatic nitrogens is 3. The highest BCUT2D eigenvalue weighted by atomic mass is 16.5. The minimum absolute atomic E-state index is 0.0820. The van der Waals surface area contributed by atoms with Crippen LogP contribution in [0.2, 0.25) is 0 Å². The van der Waals surface area contributed by atoms with Crippen LogP contribution in [0.15, 0.2) is 59.1 Å². The first kappa shape index (κ1) is 39.3. The maximum absolute atomic E-state index is 13.3. The Kier molecular flexibility index (Phi) is 12.5. The van der Waals surface area contributed by atoms with Crippen molar-refractivity contribution in [2.75, 3.05) is 45.9 Å². The molecule has 1 aliphatic carbocycles. The molecule has 7 N–H and O–H groups in total. The number of benzene rings is 1. The molecule has 7 rings (SSSR count). The van der Waals surface area contributed by atoms with Crippen LogP contribution in [0.3, 0.4) is 0 Å². The molecule has 2 aromatic heterocycles. The zero-order valence-corrected chi connectivity index (χ0v) is 32.7. The molecule has 3 aliphatic heterocycles. The van der Waals surface area contributed by atoms with Crippen molar-refractivity contribution in [1.82, 2.24) is 29.6 Å². The SMILES string of the molecule is CC1CCCN1C(=O)Cc1cc(OCCC2CCN(C(=O)C3CC(CN4CCC(Cn5cc(C(/C=C(\N)c6ccccc6O)=C(N)N)cn5)CC4)C3)CC2)no1. The van der Waals surface area contributed by atoms with Gasteiger partial charge in [-0.25, -0.2) is 0 Å². The van der Waals surface area contributed by atoms with E-state index >= 15 is 0 Å². The standard InChI is InChI=1S/C42H59N9O5/c1-28-5-4-13-51(28)40(53)22-34-21-39(47-56-34)55-18-12-29-10-16-49(17-11-29)42(54)32-19-31(20-32)25-48-14-8-30(9-15-48)26-50-27-33(24-46-50)36(41(44)45)23-37(43)35-6-2-3-7-38(35)52/h2-3,6-7,21,23-24,27-32,52H,4-5,8-20,22,25-26,43-45H2,1H3/b37-23-. The molecule has 14 heteroatoms. The summed E-state index contributed by atoms with van der Waals surface area (Å²) in [5.41, 5.74) is 20.6. The molecule has 5 heterocycles. The number of allylic oxidation sites excluding steroid dienone is 2. The van der Waals surface area contributed by atoms with Crippen molar-refractivity contribution >= 4 is 23.1 Å². The lowest BCUT2D eigenvalue weighted by atomic mass is 9.73. The van der Waals surface area contributed by atoms with Crippen LogP contribution in [0.5, 0.6) is 11.6 Å².